The summed E-state index contributed by atoms with van der Waals surface area (Å²) in [5.74, 6) is -2.30. The molecule has 0 spiro atoms. The molecule has 8 heteroatoms. The van der Waals surface area contributed by atoms with Crippen molar-refractivity contribution in [2.45, 2.75) is 6.92 Å². The molecule has 0 saturated carbocycles. The highest BCUT2D eigenvalue weighted by Gasteiger charge is 2.36. The fourth-order valence-electron chi connectivity index (χ4n) is 2.60. The van der Waals surface area contributed by atoms with Crippen LogP contribution in [0.25, 0.3) is 0 Å². The molecule has 8 nitrogen and oxygen atoms in total. The lowest BCUT2D eigenvalue weighted by Gasteiger charge is -2.20. The van der Waals surface area contributed by atoms with E-state index in [2.05, 4.69) is 0 Å². The van der Waals surface area contributed by atoms with Crippen molar-refractivity contribution >= 4 is 23.3 Å². The zero-order chi connectivity index (χ0) is 15.7. The molecule has 0 bridgehead atoms. The number of primary amides is 1. The van der Waals surface area contributed by atoms with Crippen LogP contribution in [0, 0.1) is 22.0 Å². The number of non-ortho nitro benzene ring substituents is 1. The predicted molar refractivity (Wildman–Crippen MR) is 74.1 cm³/mol. The Morgan fingerprint density at radius 1 is 1.43 bits per heavy atom. The van der Waals surface area contributed by atoms with E-state index in [4.69, 9.17) is 10.8 Å². The van der Waals surface area contributed by atoms with Crippen molar-refractivity contribution in [3.8, 4) is 0 Å². The van der Waals surface area contributed by atoms with Crippen LogP contribution in [-0.4, -0.2) is 35.0 Å². The predicted octanol–water partition coefficient (Wildman–Crippen LogP) is 0.851. The zero-order valence-electron chi connectivity index (χ0n) is 11.4. The number of nitro benzene ring substituents is 1. The summed E-state index contributed by atoms with van der Waals surface area (Å²) in [5.41, 5.74) is 5.51. The molecule has 0 aromatic heterocycles. The maximum absolute atomic E-state index is 11.5. The highest BCUT2D eigenvalue weighted by Crippen LogP contribution is 2.32. The molecular weight excluding hydrogens is 278 g/mol. The standard InChI is InChI=1S/C13H15N3O5/c1-7-5-15(6-10(7)13(18)19)11-3-2-8(16(20)21)4-9(11)12(14)17/h2-4,7,10H,5-6H2,1H3,(H2,14,17)(H,18,19). The van der Waals surface area contributed by atoms with Crippen LogP contribution in [0.5, 0.6) is 0 Å². The first kappa shape index (κ1) is 14.8. The lowest BCUT2D eigenvalue weighted by atomic mass is 9.99. The summed E-state index contributed by atoms with van der Waals surface area (Å²) in [5, 5.41) is 19.9. The number of hydrogen-bond acceptors (Lipinski definition) is 5. The van der Waals surface area contributed by atoms with Gasteiger partial charge in [-0.15, -0.1) is 0 Å². The lowest BCUT2D eigenvalue weighted by Crippen LogP contribution is -2.25. The molecule has 1 saturated heterocycles. The molecule has 1 amide bonds. The number of nitrogens with zero attached hydrogens (tertiary/aromatic N) is 2. The van der Waals surface area contributed by atoms with Gasteiger partial charge >= 0.3 is 5.97 Å². The number of benzene rings is 1. The highest BCUT2D eigenvalue weighted by molar-refractivity contribution is 5.99. The first-order valence-corrected chi connectivity index (χ1v) is 6.37. The van der Waals surface area contributed by atoms with Gasteiger partial charge in [-0.25, -0.2) is 0 Å². The zero-order valence-corrected chi connectivity index (χ0v) is 11.4. The van der Waals surface area contributed by atoms with Crippen molar-refractivity contribution < 1.29 is 19.6 Å². The number of nitrogens with two attached hydrogens (primary N) is 1. The number of carbonyl (C=O) groups excluding carboxylic acids is 1. The minimum absolute atomic E-state index is 0.0300. The third kappa shape index (κ3) is 2.78. The average molecular weight is 293 g/mol. The van der Waals surface area contributed by atoms with Crippen LogP contribution >= 0.6 is 0 Å². The summed E-state index contributed by atoms with van der Waals surface area (Å²) < 4.78 is 0. The molecule has 21 heavy (non-hydrogen) atoms. The Morgan fingerprint density at radius 3 is 2.57 bits per heavy atom. The molecule has 2 unspecified atom stereocenters. The van der Waals surface area contributed by atoms with E-state index >= 15 is 0 Å². The summed E-state index contributed by atoms with van der Waals surface area (Å²) in [7, 11) is 0. The molecule has 0 aliphatic carbocycles. The molecule has 1 fully saturated rings. The number of aliphatic carboxylic acids is 1. The quantitative estimate of drug-likeness (QED) is 0.626. The monoisotopic (exact) mass is 293 g/mol. The van der Waals surface area contributed by atoms with Crippen molar-refractivity contribution in [1.82, 2.24) is 0 Å². The van der Waals surface area contributed by atoms with E-state index in [-0.39, 0.29) is 23.7 Å². The van der Waals surface area contributed by atoms with Crippen molar-refractivity contribution in [2.75, 3.05) is 18.0 Å². The number of amides is 1. The van der Waals surface area contributed by atoms with Crippen LogP contribution in [-0.2, 0) is 4.79 Å². The van der Waals surface area contributed by atoms with Gasteiger partial charge in [0.25, 0.3) is 11.6 Å². The van der Waals surface area contributed by atoms with Gasteiger partial charge in [-0.05, 0) is 12.0 Å². The number of carboxylic acids is 1. The van der Waals surface area contributed by atoms with Crippen molar-refractivity contribution in [3.63, 3.8) is 0 Å². The second-order valence-corrected chi connectivity index (χ2v) is 5.15. The summed E-state index contributed by atoms with van der Waals surface area (Å²) in [6.07, 6.45) is 0. The summed E-state index contributed by atoms with van der Waals surface area (Å²) in [6, 6.07) is 3.84. The SMILES string of the molecule is CC1CN(c2ccc([N+](=O)[O-])cc2C(N)=O)CC1C(=O)O. The van der Waals surface area contributed by atoms with Gasteiger partial charge in [0.05, 0.1) is 22.1 Å². The van der Waals surface area contributed by atoms with Gasteiger partial charge < -0.3 is 15.7 Å². The van der Waals surface area contributed by atoms with Gasteiger partial charge in [0, 0.05) is 25.2 Å². The fraction of sp³-hybridized carbons (Fsp3) is 0.385. The Bertz CT molecular complexity index is 616. The Morgan fingerprint density at radius 2 is 2.10 bits per heavy atom. The molecule has 0 radical (unpaired) electrons. The number of anilines is 1. The smallest absolute Gasteiger partial charge is 0.308 e. The first-order chi connectivity index (χ1) is 9.81. The fourth-order valence-corrected chi connectivity index (χ4v) is 2.60. The first-order valence-electron chi connectivity index (χ1n) is 6.37. The molecule has 2 atom stereocenters. The Labute approximate surface area is 120 Å². The normalized spacial score (nSPS) is 21.3. The van der Waals surface area contributed by atoms with Crippen molar-refractivity contribution in [3.05, 3.63) is 33.9 Å². The van der Waals surface area contributed by atoms with E-state index in [1.54, 1.807) is 4.90 Å². The molecule has 2 rings (SSSR count). The number of nitro groups is 1. The second-order valence-electron chi connectivity index (χ2n) is 5.15. The molecule has 112 valence electrons. The number of carbonyl (C=O) groups is 2. The van der Waals surface area contributed by atoms with E-state index in [1.807, 2.05) is 6.92 Å². The van der Waals surface area contributed by atoms with Gasteiger partial charge in [-0.2, -0.15) is 0 Å². The Hall–Kier alpha value is -2.64. The molecule has 3 N–H and O–H groups in total. The third-order valence-electron chi connectivity index (χ3n) is 3.73. The van der Waals surface area contributed by atoms with E-state index < -0.39 is 22.7 Å². The molecule has 1 heterocycles. The molecule has 1 aromatic carbocycles. The average Bonchev–Trinajstić information content (AvgIpc) is 2.80. The number of hydrogen-bond donors (Lipinski definition) is 2. The van der Waals surface area contributed by atoms with Crippen LogP contribution < -0.4 is 10.6 Å². The van der Waals surface area contributed by atoms with Crippen LogP contribution in [0.2, 0.25) is 0 Å². The summed E-state index contributed by atoms with van der Waals surface area (Å²) in [6.45, 7) is 2.51. The van der Waals surface area contributed by atoms with E-state index in [9.17, 15) is 19.7 Å². The number of carboxylic acid groups (broad SMARTS) is 1. The lowest BCUT2D eigenvalue weighted by molar-refractivity contribution is -0.384. The van der Waals surface area contributed by atoms with Gasteiger partial charge in [0.2, 0.25) is 0 Å². The van der Waals surface area contributed by atoms with E-state index in [0.717, 1.165) is 6.07 Å². The van der Waals surface area contributed by atoms with Crippen LogP contribution in [0.1, 0.15) is 17.3 Å². The van der Waals surface area contributed by atoms with Crippen LogP contribution in [0.3, 0.4) is 0 Å². The van der Waals surface area contributed by atoms with E-state index in [1.165, 1.54) is 12.1 Å². The maximum atomic E-state index is 11.5. The minimum Gasteiger partial charge on any atom is -0.481 e. The molecule has 1 aliphatic rings. The minimum atomic E-state index is -0.896. The largest absolute Gasteiger partial charge is 0.481 e. The van der Waals surface area contributed by atoms with Gasteiger partial charge in [-0.3, -0.25) is 19.7 Å². The third-order valence-corrected chi connectivity index (χ3v) is 3.73. The topological polar surface area (TPSA) is 127 Å². The summed E-state index contributed by atoms with van der Waals surface area (Å²) in [4.78, 5) is 34.5. The molecule has 1 aromatic rings. The highest BCUT2D eigenvalue weighted by atomic mass is 16.6. The Kier molecular flexibility index (Phi) is 3.79. The number of rotatable bonds is 4. The summed E-state index contributed by atoms with van der Waals surface area (Å²) >= 11 is 0. The van der Waals surface area contributed by atoms with Crippen molar-refractivity contribution in [2.24, 2.45) is 17.6 Å². The second kappa shape index (κ2) is 5.39. The van der Waals surface area contributed by atoms with Gasteiger partial charge in [0.15, 0.2) is 0 Å². The van der Waals surface area contributed by atoms with Gasteiger partial charge in [0.1, 0.15) is 0 Å². The van der Waals surface area contributed by atoms with E-state index in [0.29, 0.717) is 12.2 Å². The molecular formula is C13H15N3O5. The van der Waals surface area contributed by atoms with Gasteiger partial charge in [-0.1, -0.05) is 6.92 Å². The molecule has 1 aliphatic heterocycles. The van der Waals surface area contributed by atoms with Crippen LogP contribution in [0.4, 0.5) is 11.4 Å². The Balaban J connectivity index is 2.38. The maximum Gasteiger partial charge on any atom is 0.308 e. The van der Waals surface area contributed by atoms with Crippen LogP contribution in [0.15, 0.2) is 18.2 Å². The van der Waals surface area contributed by atoms with Crippen molar-refractivity contribution in [1.29, 1.82) is 0 Å².